The van der Waals surface area contributed by atoms with Gasteiger partial charge in [-0.25, -0.2) is 25.9 Å². The number of nitrogens with two attached hydrogens (primary N) is 1. The van der Waals surface area contributed by atoms with Crippen LogP contribution < -0.4 is 10.5 Å². The Morgan fingerprint density at radius 2 is 1.95 bits per heavy atom. The molecule has 0 fully saturated rings. The van der Waals surface area contributed by atoms with Crippen LogP contribution in [0.1, 0.15) is 0 Å². The second-order valence-corrected chi connectivity index (χ2v) is 8.09. The summed E-state index contributed by atoms with van der Waals surface area (Å²) in [4.78, 5) is -0.169. The smallest absolute Gasteiger partial charge is 0.245 e. The van der Waals surface area contributed by atoms with E-state index in [1.165, 1.54) is 32.0 Å². The number of nitrogens with one attached hydrogen (secondary N) is 1. The number of nitrogens with zero attached hydrogens (tertiary/aromatic N) is 3. The molecule has 3 N–H and O–H groups in total. The van der Waals surface area contributed by atoms with Crippen molar-refractivity contribution < 1.29 is 16.8 Å². The first-order valence-corrected chi connectivity index (χ1v) is 8.34. The van der Waals surface area contributed by atoms with Gasteiger partial charge in [-0.3, -0.25) is 4.68 Å². The van der Waals surface area contributed by atoms with E-state index >= 15 is 0 Å². The van der Waals surface area contributed by atoms with E-state index in [1.54, 1.807) is 0 Å². The van der Waals surface area contributed by atoms with Crippen molar-refractivity contribution in [2.45, 2.75) is 4.90 Å². The van der Waals surface area contributed by atoms with Gasteiger partial charge in [0.05, 0.1) is 5.75 Å². The molecule has 9 nitrogen and oxygen atoms in total. The van der Waals surface area contributed by atoms with Crippen LogP contribution in [0, 0.1) is 0 Å². The third-order valence-corrected chi connectivity index (χ3v) is 5.63. The fourth-order valence-corrected chi connectivity index (χ4v) is 3.24. The van der Waals surface area contributed by atoms with Gasteiger partial charge >= 0.3 is 0 Å². The lowest BCUT2D eigenvalue weighted by atomic mass is 10.7. The zero-order valence-electron chi connectivity index (χ0n) is 10.9. The number of sulfonamides is 2. The summed E-state index contributed by atoms with van der Waals surface area (Å²) in [5, 5.41) is 3.71. The predicted molar refractivity (Wildman–Crippen MR) is 70.3 cm³/mol. The fourth-order valence-electron chi connectivity index (χ4n) is 1.26. The molecule has 0 radical (unpaired) electrons. The van der Waals surface area contributed by atoms with Gasteiger partial charge in [0, 0.05) is 33.9 Å². The van der Waals surface area contributed by atoms with E-state index in [9.17, 15) is 16.8 Å². The lowest BCUT2D eigenvalue weighted by Gasteiger charge is -2.11. The van der Waals surface area contributed by atoms with Gasteiger partial charge in [-0.1, -0.05) is 0 Å². The van der Waals surface area contributed by atoms with Crippen molar-refractivity contribution >= 4 is 25.9 Å². The molecule has 11 heteroatoms. The summed E-state index contributed by atoms with van der Waals surface area (Å²) in [6, 6.07) is 0. The zero-order chi connectivity index (χ0) is 14.8. The Morgan fingerprint density at radius 1 is 1.37 bits per heavy atom. The molecule has 1 heterocycles. The highest BCUT2D eigenvalue weighted by molar-refractivity contribution is 7.90. The minimum Gasteiger partial charge on any atom is -0.381 e. The van der Waals surface area contributed by atoms with Crippen LogP contribution in [0.25, 0.3) is 0 Å². The Balaban J connectivity index is 2.75. The molecule has 0 atom stereocenters. The Bertz CT molecular complexity index is 647. The van der Waals surface area contributed by atoms with Crippen molar-refractivity contribution in [3.63, 3.8) is 0 Å². The molecule has 19 heavy (non-hydrogen) atoms. The van der Waals surface area contributed by atoms with Gasteiger partial charge in [0.2, 0.25) is 20.0 Å². The van der Waals surface area contributed by atoms with Crippen LogP contribution in [0.4, 0.5) is 5.82 Å². The second kappa shape index (κ2) is 5.45. The minimum atomic E-state index is -3.86. The first kappa shape index (κ1) is 15.9. The normalized spacial score (nSPS) is 13.1. The van der Waals surface area contributed by atoms with Gasteiger partial charge in [-0.15, -0.1) is 0 Å². The van der Waals surface area contributed by atoms with Gasteiger partial charge in [0.1, 0.15) is 4.90 Å². The number of aryl methyl sites for hydroxylation is 1. The lowest BCUT2D eigenvalue weighted by molar-refractivity contribution is 0.519. The standard InChI is InChI=1S/C8H17N5O4S2/c1-12(2)18(14,15)5-4-10-19(16,17)7-6-13(3)11-8(7)9/h6,10H,4-5H2,1-3H3,(H2,9,11). The molecule has 0 bridgehead atoms. The summed E-state index contributed by atoms with van der Waals surface area (Å²) in [6.07, 6.45) is 1.25. The highest BCUT2D eigenvalue weighted by Gasteiger charge is 2.21. The third-order valence-electron chi connectivity index (χ3n) is 2.32. The Labute approximate surface area is 112 Å². The number of aromatic nitrogens is 2. The molecule has 0 amide bonds. The van der Waals surface area contributed by atoms with Crippen LogP contribution in [0.5, 0.6) is 0 Å². The number of hydrogen-bond donors (Lipinski definition) is 2. The quantitative estimate of drug-likeness (QED) is 0.636. The Hall–Kier alpha value is -1.17. The fraction of sp³-hybridized carbons (Fsp3) is 0.625. The number of anilines is 1. The Morgan fingerprint density at radius 3 is 2.37 bits per heavy atom. The van der Waals surface area contributed by atoms with Gasteiger partial charge in [0.25, 0.3) is 0 Å². The van der Waals surface area contributed by atoms with Crippen LogP contribution in [0.3, 0.4) is 0 Å². The molecular weight excluding hydrogens is 294 g/mol. The molecule has 0 saturated heterocycles. The van der Waals surface area contributed by atoms with E-state index in [1.807, 2.05) is 0 Å². The lowest BCUT2D eigenvalue weighted by Crippen LogP contribution is -2.34. The number of rotatable bonds is 6. The van der Waals surface area contributed by atoms with Crippen molar-refractivity contribution in [2.24, 2.45) is 7.05 Å². The highest BCUT2D eigenvalue weighted by Crippen LogP contribution is 2.14. The molecule has 0 aliphatic carbocycles. The van der Waals surface area contributed by atoms with E-state index < -0.39 is 20.0 Å². The summed E-state index contributed by atoms with van der Waals surface area (Å²) < 4.78 is 51.2. The average molecular weight is 311 g/mol. The maximum absolute atomic E-state index is 11.9. The summed E-state index contributed by atoms with van der Waals surface area (Å²) in [5.41, 5.74) is 5.46. The summed E-state index contributed by atoms with van der Waals surface area (Å²) in [7, 11) is -3.02. The third kappa shape index (κ3) is 3.89. The maximum Gasteiger partial charge on any atom is 0.245 e. The number of hydrogen-bond acceptors (Lipinski definition) is 6. The first-order valence-electron chi connectivity index (χ1n) is 5.25. The van der Waals surface area contributed by atoms with Crippen molar-refractivity contribution in [2.75, 3.05) is 32.1 Å². The summed E-state index contributed by atoms with van der Waals surface area (Å²) in [6.45, 7) is -0.239. The molecule has 1 aromatic rings. The molecule has 0 saturated carbocycles. The zero-order valence-corrected chi connectivity index (χ0v) is 12.5. The first-order chi connectivity index (χ1) is 8.56. The monoisotopic (exact) mass is 311 g/mol. The van der Waals surface area contributed by atoms with Crippen LogP contribution >= 0.6 is 0 Å². The van der Waals surface area contributed by atoms with Crippen LogP contribution in [-0.4, -0.2) is 57.3 Å². The number of nitrogen functional groups attached to an aromatic ring is 1. The van der Waals surface area contributed by atoms with Gasteiger partial charge in [0.15, 0.2) is 5.82 Å². The van der Waals surface area contributed by atoms with E-state index in [2.05, 4.69) is 9.82 Å². The molecule has 0 spiro atoms. The van der Waals surface area contributed by atoms with Gasteiger partial charge in [-0.05, 0) is 0 Å². The highest BCUT2D eigenvalue weighted by atomic mass is 32.2. The van der Waals surface area contributed by atoms with Crippen LogP contribution in [0.2, 0.25) is 0 Å². The minimum absolute atomic E-state index is 0.134. The molecule has 0 aliphatic heterocycles. The van der Waals surface area contributed by atoms with Crippen molar-refractivity contribution in [3.8, 4) is 0 Å². The summed E-state index contributed by atoms with van der Waals surface area (Å²) >= 11 is 0. The predicted octanol–water partition coefficient (Wildman–Crippen LogP) is -1.83. The molecule has 0 aliphatic rings. The van der Waals surface area contributed by atoms with Crippen molar-refractivity contribution in [3.05, 3.63) is 6.20 Å². The molecule has 0 aromatic carbocycles. The van der Waals surface area contributed by atoms with E-state index in [-0.39, 0.29) is 23.0 Å². The van der Waals surface area contributed by atoms with Crippen molar-refractivity contribution in [1.29, 1.82) is 0 Å². The van der Waals surface area contributed by atoms with Gasteiger partial charge < -0.3 is 5.73 Å². The van der Waals surface area contributed by atoms with Crippen LogP contribution in [0.15, 0.2) is 11.1 Å². The van der Waals surface area contributed by atoms with E-state index in [0.717, 1.165) is 4.31 Å². The molecule has 110 valence electrons. The van der Waals surface area contributed by atoms with Crippen LogP contribution in [-0.2, 0) is 27.1 Å². The topological polar surface area (TPSA) is 127 Å². The maximum atomic E-state index is 11.9. The second-order valence-electron chi connectivity index (χ2n) is 4.05. The molecular formula is C8H17N5O4S2. The van der Waals surface area contributed by atoms with Gasteiger partial charge in [-0.2, -0.15) is 5.10 Å². The van der Waals surface area contributed by atoms with Crippen molar-refractivity contribution in [1.82, 2.24) is 18.8 Å². The summed E-state index contributed by atoms with van der Waals surface area (Å²) in [5.74, 6) is -0.468. The molecule has 1 rings (SSSR count). The van der Waals surface area contributed by atoms with E-state index in [0.29, 0.717) is 0 Å². The largest absolute Gasteiger partial charge is 0.381 e. The van der Waals surface area contributed by atoms with E-state index in [4.69, 9.17) is 5.73 Å². The SMILES string of the molecule is CN(C)S(=O)(=O)CCNS(=O)(=O)c1cn(C)nc1N. The molecule has 0 unspecified atom stereocenters. The molecule has 1 aromatic heterocycles. The Kier molecular flexibility index (Phi) is 4.55. The average Bonchev–Trinajstić information content (AvgIpc) is 2.57.